The van der Waals surface area contributed by atoms with Crippen LogP contribution < -0.4 is 0 Å². The van der Waals surface area contributed by atoms with Crippen molar-refractivity contribution in [3.63, 3.8) is 0 Å². The second-order valence-electron chi connectivity index (χ2n) is 2.50. The summed E-state index contributed by atoms with van der Waals surface area (Å²) in [6.07, 6.45) is -0.816. The number of carboxylic acid groups (broad SMARTS) is 1. The number of halogens is 1. The van der Waals surface area contributed by atoms with Crippen molar-refractivity contribution in [1.29, 1.82) is 0 Å². The first-order valence-electron chi connectivity index (χ1n) is 3.68. The van der Waals surface area contributed by atoms with Gasteiger partial charge in [0.2, 0.25) is 0 Å². The van der Waals surface area contributed by atoms with E-state index in [1.165, 1.54) is 6.92 Å². The zero-order valence-corrected chi connectivity index (χ0v) is 8.58. The lowest BCUT2D eigenvalue weighted by molar-refractivity contribution is -0.150. The first-order valence-corrected chi connectivity index (χ1v) is 4.47. The monoisotopic (exact) mass is 248 g/mol. The van der Waals surface area contributed by atoms with Crippen LogP contribution in [0.2, 0.25) is 0 Å². The summed E-state index contributed by atoms with van der Waals surface area (Å²) in [5, 5.41) is 8.50. The van der Waals surface area contributed by atoms with Gasteiger partial charge >= 0.3 is 5.97 Å². The van der Waals surface area contributed by atoms with E-state index < -0.39 is 12.1 Å². The van der Waals surface area contributed by atoms with Gasteiger partial charge in [0, 0.05) is 0 Å². The molecule has 1 heterocycles. The maximum atomic E-state index is 10.4. The number of hydrogen-bond acceptors (Lipinski definition) is 3. The van der Waals surface area contributed by atoms with E-state index in [1.54, 1.807) is 12.1 Å². The van der Waals surface area contributed by atoms with Gasteiger partial charge in [0.25, 0.3) is 0 Å². The smallest absolute Gasteiger partial charge is 0.332 e. The zero-order valence-electron chi connectivity index (χ0n) is 6.99. The molecule has 0 amide bonds. The Morgan fingerprint density at radius 2 is 2.46 bits per heavy atom. The lowest BCUT2D eigenvalue weighted by atomic mass is 10.4. The lowest BCUT2D eigenvalue weighted by Crippen LogP contribution is -2.19. The quantitative estimate of drug-likeness (QED) is 0.886. The van der Waals surface area contributed by atoms with Crippen molar-refractivity contribution >= 4 is 21.9 Å². The van der Waals surface area contributed by atoms with Gasteiger partial charge in [0.05, 0.1) is 0 Å². The molecule has 0 bridgehead atoms. The highest BCUT2D eigenvalue weighted by atomic mass is 79.9. The standard InChI is InChI=1S/C8H9BrO4/c1-5(8(10)11)12-4-6-2-3-7(9)13-6/h2-3,5H,4H2,1H3,(H,10,11)/t5-/m1/s1. The molecule has 72 valence electrons. The number of carbonyl (C=O) groups is 1. The number of aliphatic carboxylic acids is 1. The first kappa shape index (κ1) is 10.3. The minimum absolute atomic E-state index is 0.166. The molecular formula is C8H9BrO4. The number of ether oxygens (including phenoxy) is 1. The molecule has 0 saturated carbocycles. The van der Waals surface area contributed by atoms with Crippen LogP contribution in [0.15, 0.2) is 21.2 Å². The van der Waals surface area contributed by atoms with Gasteiger partial charge in [-0.25, -0.2) is 4.79 Å². The Hall–Kier alpha value is -0.810. The van der Waals surface area contributed by atoms with Crippen molar-refractivity contribution in [2.24, 2.45) is 0 Å². The van der Waals surface area contributed by atoms with E-state index >= 15 is 0 Å². The predicted molar refractivity (Wildman–Crippen MR) is 48.3 cm³/mol. The van der Waals surface area contributed by atoms with Gasteiger partial charge in [-0.15, -0.1) is 0 Å². The van der Waals surface area contributed by atoms with Crippen molar-refractivity contribution in [3.05, 3.63) is 22.6 Å². The Labute approximate surface area is 83.6 Å². The zero-order chi connectivity index (χ0) is 9.84. The highest BCUT2D eigenvalue weighted by Gasteiger charge is 2.11. The third-order valence-corrected chi connectivity index (χ3v) is 1.88. The summed E-state index contributed by atoms with van der Waals surface area (Å²) in [7, 11) is 0. The Morgan fingerprint density at radius 3 is 2.92 bits per heavy atom. The van der Waals surface area contributed by atoms with Crippen molar-refractivity contribution < 1.29 is 19.1 Å². The normalized spacial score (nSPS) is 12.8. The van der Waals surface area contributed by atoms with Gasteiger partial charge in [-0.05, 0) is 35.0 Å². The molecule has 0 unspecified atom stereocenters. The van der Waals surface area contributed by atoms with Gasteiger partial charge in [-0.3, -0.25) is 0 Å². The van der Waals surface area contributed by atoms with Crippen LogP contribution in [0, 0.1) is 0 Å². The molecule has 0 aliphatic heterocycles. The van der Waals surface area contributed by atoms with E-state index in [0.29, 0.717) is 10.4 Å². The molecule has 13 heavy (non-hydrogen) atoms. The second kappa shape index (κ2) is 4.43. The Bertz CT molecular complexity index is 294. The minimum Gasteiger partial charge on any atom is -0.479 e. The molecule has 1 aromatic rings. The van der Waals surface area contributed by atoms with Crippen LogP contribution in [0.3, 0.4) is 0 Å². The van der Waals surface area contributed by atoms with E-state index in [4.69, 9.17) is 14.3 Å². The van der Waals surface area contributed by atoms with E-state index in [2.05, 4.69) is 15.9 Å². The molecule has 0 aliphatic carbocycles. The van der Waals surface area contributed by atoms with Crippen LogP contribution in [0.1, 0.15) is 12.7 Å². The third kappa shape index (κ3) is 3.20. The van der Waals surface area contributed by atoms with Crippen molar-refractivity contribution in [1.82, 2.24) is 0 Å². The molecule has 1 N–H and O–H groups in total. The van der Waals surface area contributed by atoms with Gasteiger partial charge in [-0.1, -0.05) is 0 Å². The fourth-order valence-electron chi connectivity index (χ4n) is 0.708. The van der Waals surface area contributed by atoms with Crippen LogP contribution >= 0.6 is 15.9 Å². The SMILES string of the molecule is C[C@@H](OCc1ccc(Br)o1)C(=O)O. The molecule has 4 nitrogen and oxygen atoms in total. The highest BCUT2D eigenvalue weighted by Crippen LogP contribution is 2.15. The van der Waals surface area contributed by atoms with Crippen molar-refractivity contribution in [2.75, 3.05) is 0 Å². The van der Waals surface area contributed by atoms with Crippen LogP contribution in [0.5, 0.6) is 0 Å². The van der Waals surface area contributed by atoms with Crippen LogP contribution in [-0.2, 0) is 16.1 Å². The highest BCUT2D eigenvalue weighted by molar-refractivity contribution is 9.10. The van der Waals surface area contributed by atoms with Crippen LogP contribution in [0.25, 0.3) is 0 Å². The second-order valence-corrected chi connectivity index (χ2v) is 3.28. The van der Waals surface area contributed by atoms with Gasteiger partial charge in [-0.2, -0.15) is 0 Å². The molecule has 0 radical (unpaired) electrons. The summed E-state index contributed by atoms with van der Waals surface area (Å²) in [4.78, 5) is 10.4. The van der Waals surface area contributed by atoms with Crippen molar-refractivity contribution in [2.45, 2.75) is 19.6 Å². The van der Waals surface area contributed by atoms with E-state index in [1.807, 2.05) is 0 Å². The van der Waals surface area contributed by atoms with Gasteiger partial charge in [0.15, 0.2) is 10.8 Å². The molecule has 1 atom stereocenters. The number of furan rings is 1. The third-order valence-electron chi connectivity index (χ3n) is 1.45. The van der Waals surface area contributed by atoms with Gasteiger partial charge < -0.3 is 14.3 Å². The average molecular weight is 249 g/mol. The molecular weight excluding hydrogens is 240 g/mol. The fourth-order valence-corrected chi connectivity index (χ4v) is 1.05. The topological polar surface area (TPSA) is 59.7 Å². The number of rotatable bonds is 4. The minimum atomic E-state index is -0.981. The number of hydrogen-bond donors (Lipinski definition) is 1. The Morgan fingerprint density at radius 1 is 1.77 bits per heavy atom. The predicted octanol–water partition coefficient (Wildman–Crippen LogP) is 2.03. The Kier molecular flexibility index (Phi) is 3.50. The molecule has 0 saturated heterocycles. The molecule has 0 fully saturated rings. The maximum Gasteiger partial charge on any atom is 0.332 e. The molecule has 1 rings (SSSR count). The lowest BCUT2D eigenvalue weighted by Gasteiger charge is -2.05. The van der Waals surface area contributed by atoms with Crippen LogP contribution in [-0.4, -0.2) is 17.2 Å². The summed E-state index contributed by atoms with van der Waals surface area (Å²) >= 11 is 3.13. The van der Waals surface area contributed by atoms with E-state index in [9.17, 15) is 4.79 Å². The Balaban J connectivity index is 2.39. The molecule has 0 aliphatic rings. The number of carboxylic acids is 1. The van der Waals surface area contributed by atoms with E-state index in [-0.39, 0.29) is 6.61 Å². The largest absolute Gasteiger partial charge is 0.479 e. The fraction of sp³-hybridized carbons (Fsp3) is 0.375. The van der Waals surface area contributed by atoms with Gasteiger partial charge in [0.1, 0.15) is 12.4 Å². The van der Waals surface area contributed by atoms with Crippen LogP contribution in [0.4, 0.5) is 0 Å². The summed E-state index contributed by atoms with van der Waals surface area (Å²) in [5.74, 6) is -0.384. The summed E-state index contributed by atoms with van der Waals surface area (Å²) in [5.41, 5.74) is 0. The average Bonchev–Trinajstić information content (AvgIpc) is 2.47. The first-order chi connectivity index (χ1) is 6.09. The van der Waals surface area contributed by atoms with Crippen molar-refractivity contribution in [3.8, 4) is 0 Å². The molecule has 0 spiro atoms. The van der Waals surface area contributed by atoms with E-state index in [0.717, 1.165) is 0 Å². The summed E-state index contributed by atoms with van der Waals surface area (Å²) in [6, 6.07) is 3.45. The molecule has 0 aromatic carbocycles. The summed E-state index contributed by atoms with van der Waals surface area (Å²) in [6.45, 7) is 1.64. The summed E-state index contributed by atoms with van der Waals surface area (Å²) < 4.78 is 10.7. The molecule has 1 aromatic heterocycles. The maximum absolute atomic E-state index is 10.4. The molecule has 5 heteroatoms.